The average molecular weight is 307 g/mol. The number of nitrogens with zero attached hydrogens (tertiary/aromatic N) is 1. The maximum absolute atomic E-state index is 11.9. The standard InChI is InChI=1S/C17H23ClN2O/c1-13(2)20(14(3)4)11-6-5-10-19-17(21)15-8-7-9-16(18)12-15/h7-9,12-14H,10-11H2,1-4H3,(H,19,21). The fourth-order valence-electron chi connectivity index (χ4n) is 2.03. The van der Waals surface area contributed by atoms with E-state index < -0.39 is 0 Å². The van der Waals surface area contributed by atoms with Crippen molar-refractivity contribution in [1.29, 1.82) is 0 Å². The fraction of sp³-hybridized carbons (Fsp3) is 0.471. The summed E-state index contributed by atoms with van der Waals surface area (Å²) < 4.78 is 0. The first-order chi connectivity index (χ1) is 9.91. The van der Waals surface area contributed by atoms with Crippen molar-refractivity contribution in [2.24, 2.45) is 0 Å². The van der Waals surface area contributed by atoms with Crippen molar-refractivity contribution >= 4 is 17.5 Å². The Hall–Kier alpha value is -1.50. The first-order valence-corrected chi connectivity index (χ1v) is 7.55. The van der Waals surface area contributed by atoms with Crippen molar-refractivity contribution in [3.63, 3.8) is 0 Å². The molecular formula is C17H23ClN2O. The zero-order valence-corrected chi connectivity index (χ0v) is 13.9. The Balaban J connectivity index is 2.44. The summed E-state index contributed by atoms with van der Waals surface area (Å²) in [4.78, 5) is 14.2. The summed E-state index contributed by atoms with van der Waals surface area (Å²) >= 11 is 5.85. The van der Waals surface area contributed by atoms with Gasteiger partial charge in [-0.25, -0.2) is 0 Å². The van der Waals surface area contributed by atoms with Gasteiger partial charge in [0.15, 0.2) is 0 Å². The van der Waals surface area contributed by atoms with Crippen LogP contribution in [-0.4, -0.2) is 36.0 Å². The highest BCUT2D eigenvalue weighted by atomic mass is 35.5. The van der Waals surface area contributed by atoms with Crippen LogP contribution in [0.15, 0.2) is 24.3 Å². The molecule has 4 heteroatoms. The molecule has 0 atom stereocenters. The summed E-state index contributed by atoms with van der Waals surface area (Å²) in [6, 6.07) is 7.79. The molecule has 114 valence electrons. The van der Waals surface area contributed by atoms with Gasteiger partial charge in [-0.1, -0.05) is 29.5 Å². The molecule has 21 heavy (non-hydrogen) atoms. The van der Waals surface area contributed by atoms with Crippen molar-refractivity contribution in [1.82, 2.24) is 10.2 Å². The minimum atomic E-state index is -0.156. The summed E-state index contributed by atoms with van der Waals surface area (Å²) in [6.45, 7) is 9.67. The number of hydrogen-bond donors (Lipinski definition) is 1. The van der Waals surface area contributed by atoms with Crippen LogP contribution >= 0.6 is 11.6 Å². The molecule has 1 N–H and O–H groups in total. The minimum Gasteiger partial charge on any atom is -0.341 e. The summed E-state index contributed by atoms with van der Waals surface area (Å²) in [6.07, 6.45) is 0. The molecule has 0 saturated heterocycles. The van der Waals surface area contributed by atoms with E-state index in [4.69, 9.17) is 11.6 Å². The maximum Gasteiger partial charge on any atom is 0.252 e. The van der Waals surface area contributed by atoms with Gasteiger partial charge in [0.1, 0.15) is 0 Å². The number of rotatable bonds is 5. The largest absolute Gasteiger partial charge is 0.341 e. The fourth-order valence-corrected chi connectivity index (χ4v) is 2.22. The number of benzene rings is 1. The van der Waals surface area contributed by atoms with Crippen molar-refractivity contribution in [3.8, 4) is 11.8 Å². The van der Waals surface area contributed by atoms with E-state index in [0.29, 0.717) is 35.8 Å². The van der Waals surface area contributed by atoms with Crippen molar-refractivity contribution in [3.05, 3.63) is 34.9 Å². The topological polar surface area (TPSA) is 32.3 Å². The molecule has 0 aliphatic rings. The molecule has 0 heterocycles. The summed E-state index contributed by atoms with van der Waals surface area (Å²) in [7, 11) is 0. The van der Waals surface area contributed by atoms with E-state index in [9.17, 15) is 4.79 Å². The molecule has 0 aliphatic carbocycles. The maximum atomic E-state index is 11.9. The second kappa shape index (κ2) is 8.71. The molecule has 0 spiro atoms. The Bertz CT molecular complexity index is 521. The molecule has 1 aromatic carbocycles. The number of halogens is 1. The van der Waals surface area contributed by atoms with E-state index in [1.54, 1.807) is 24.3 Å². The van der Waals surface area contributed by atoms with Crippen LogP contribution in [0.2, 0.25) is 5.02 Å². The van der Waals surface area contributed by atoms with E-state index in [1.165, 1.54) is 0 Å². The Morgan fingerprint density at radius 3 is 2.48 bits per heavy atom. The quantitative estimate of drug-likeness (QED) is 0.847. The minimum absolute atomic E-state index is 0.156. The highest BCUT2D eigenvalue weighted by Gasteiger charge is 2.10. The van der Waals surface area contributed by atoms with Gasteiger partial charge in [-0.15, -0.1) is 0 Å². The van der Waals surface area contributed by atoms with Gasteiger partial charge in [0.2, 0.25) is 0 Å². The number of carbonyl (C=O) groups excluding carboxylic acids is 1. The highest BCUT2D eigenvalue weighted by molar-refractivity contribution is 6.30. The third-order valence-electron chi connectivity index (χ3n) is 3.14. The Kier molecular flexibility index (Phi) is 7.28. The van der Waals surface area contributed by atoms with Gasteiger partial charge in [0.05, 0.1) is 13.1 Å². The number of carbonyl (C=O) groups is 1. The molecule has 0 radical (unpaired) electrons. The van der Waals surface area contributed by atoms with Crippen molar-refractivity contribution in [2.45, 2.75) is 39.8 Å². The van der Waals surface area contributed by atoms with Crippen LogP contribution in [-0.2, 0) is 0 Å². The van der Waals surface area contributed by atoms with Gasteiger partial charge in [-0.2, -0.15) is 0 Å². The lowest BCUT2D eigenvalue weighted by Crippen LogP contribution is -2.37. The van der Waals surface area contributed by atoms with Crippen LogP contribution in [0.25, 0.3) is 0 Å². The van der Waals surface area contributed by atoms with E-state index in [-0.39, 0.29) is 5.91 Å². The molecule has 0 unspecified atom stereocenters. The molecule has 1 rings (SSSR count). The summed E-state index contributed by atoms with van der Waals surface area (Å²) in [5.41, 5.74) is 0.551. The molecule has 0 bridgehead atoms. The predicted molar refractivity (Wildman–Crippen MR) is 88.5 cm³/mol. The Labute approximate surface area is 132 Å². The predicted octanol–water partition coefficient (Wildman–Crippen LogP) is 3.19. The van der Waals surface area contributed by atoms with Crippen LogP contribution in [0.5, 0.6) is 0 Å². The van der Waals surface area contributed by atoms with Gasteiger partial charge in [-0.05, 0) is 45.9 Å². The third-order valence-corrected chi connectivity index (χ3v) is 3.37. The van der Waals surface area contributed by atoms with Crippen molar-refractivity contribution < 1.29 is 4.79 Å². The third kappa shape index (κ3) is 6.20. The first kappa shape index (κ1) is 17.6. The van der Waals surface area contributed by atoms with Crippen LogP contribution in [0, 0.1) is 11.8 Å². The molecule has 0 saturated carbocycles. The lowest BCUT2D eigenvalue weighted by molar-refractivity contribution is 0.0958. The number of amides is 1. The van der Waals surface area contributed by atoms with Crippen LogP contribution in [0.1, 0.15) is 38.1 Å². The molecule has 0 aliphatic heterocycles. The van der Waals surface area contributed by atoms with E-state index in [1.807, 2.05) is 0 Å². The molecular weight excluding hydrogens is 284 g/mol. The normalized spacial score (nSPS) is 10.7. The highest BCUT2D eigenvalue weighted by Crippen LogP contribution is 2.10. The Morgan fingerprint density at radius 1 is 1.24 bits per heavy atom. The monoisotopic (exact) mass is 306 g/mol. The number of nitrogens with one attached hydrogen (secondary N) is 1. The molecule has 1 aromatic rings. The van der Waals surface area contributed by atoms with Gasteiger partial charge < -0.3 is 5.32 Å². The first-order valence-electron chi connectivity index (χ1n) is 7.17. The summed E-state index contributed by atoms with van der Waals surface area (Å²) in [5, 5.41) is 3.32. The van der Waals surface area contributed by atoms with E-state index in [0.717, 1.165) is 0 Å². The van der Waals surface area contributed by atoms with Gasteiger partial charge in [0, 0.05) is 22.7 Å². The van der Waals surface area contributed by atoms with Gasteiger partial charge >= 0.3 is 0 Å². The molecule has 1 amide bonds. The molecule has 0 aromatic heterocycles. The van der Waals surface area contributed by atoms with E-state index in [2.05, 4.69) is 49.8 Å². The van der Waals surface area contributed by atoms with Crippen LogP contribution < -0.4 is 5.32 Å². The molecule has 0 fully saturated rings. The molecule has 3 nitrogen and oxygen atoms in total. The zero-order valence-electron chi connectivity index (χ0n) is 13.1. The smallest absolute Gasteiger partial charge is 0.252 e. The average Bonchev–Trinajstić information content (AvgIpc) is 2.41. The van der Waals surface area contributed by atoms with Crippen LogP contribution in [0.4, 0.5) is 0 Å². The van der Waals surface area contributed by atoms with Crippen molar-refractivity contribution in [2.75, 3.05) is 13.1 Å². The lowest BCUT2D eigenvalue weighted by Gasteiger charge is -2.28. The van der Waals surface area contributed by atoms with Crippen LogP contribution in [0.3, 0.4) is 0 Å². The number of hydrogen-bond acceptors (Lipinski definition) is 2. The van der Waals surface area contributed by atoms with E-state index >= 15 is 0 Å². The lowest BCUT2D eigenvalue weighted by atomic mass is 10.2. The SMILES string of the molecule is CC(C)N(CC#CCNC(=O)c1cccc(Cl)c1)C(C)C. The Morgan fingerprint density at radius 2 is 1.90 bits per heavy atom. The zero-order chi connectivity index (χ0) is 15.8. The van der Waals surface area contributed by atoms with Gasteiger partial charge in [-0.3, -0.25) is 9.69 Å². The summed E-state index contributed by atoms with van der Waals surface area (Å²) in [5.74, 6) is 5.93. The second-order valence-electron chi connectivity index (χ2n) is 5.41. The second-order valence-corrected chi connectivity index (χ2v) is 5.84. The van der Waals surface area contributed by atoms with Gasteiger partial charge in [0.25, 0.3) is 5.91 Å².